The lowest BCUT2D eigenvalue weighted by molar-refractivity contribution is -0.114. The highest BCUT2D eigenvalue weighted by molar-refractivity contribution is 9.10. The maximum absolute atomic E-state index is 11.0. The van der Waals surface area contributed by atoms with Gasteiger partial charge in [-0.1, -0.05) is 6.07 Å². The Morgan fingerprint density at radius 1 is 1.33 bits per heavy atom. The fourth-order valence-corrected chi connectivity index (χ4v) is 1.74. The monoisotopic (exact) mass is 306 g/mol. The number of nitrogens with zero attached hydrogens (tertiary/aromatic N) is 2. The van der Waals surface area contributed by atoms with E-state index in [1.165, 1.54) is 13.3 Å². The molecule has 0 unspecified atom stereocenters. The van der Waals surface area contributed by atoms with Gasteiger partial charge in [0.05, 0.1) is 4.47 Å². The van der Waals surface area contributed by atoms with Crippen LogP contribution in [0.15, 0.2) is 41.3 Å². The molecule has 2 N–H and O–H groups in total. The summed E-state index contributed by atoms with van der Waals surface area (Å²) in [6.07, 6.45) is 3.12. The minimum atomic E-state index is -0.102. The lowest BCUT2D eigenvalue weighted by atomic mass is 10.2. The van der Waals surface area contributed by atoms with Crippen LogP contribution in [0.25, 0.3) is 0 Å². The third-order valence-corrected chi connectivity index (χ3v) is 2.69. The van der Waals surface area contributed by atoms with Gasteiger partial charge in [-0.25, -0.2) is 9.97 Å². The van der Waals surface area contributed by atoms with Crippen LogP contribution >= 0.6 is 15.9 Å². The van der Waals surface area contributed by atoms with Gasteiger partial charge in [0.25, 0.3) is 0 Å². The molecule has 0 aliphatic carbocycles. The van der Waals surface area contributed by atoms with Crippen molar-refractivity contribution in [3.63, 3.8) is 0 Å². The van der Waals surface area contributed by atoms with Crippen LogP contribution in [0, 0.1) is 0 Å². The Balaban J connectivity index is 2.19. The Morgan fingerprint density at radius 3 is 2.83 bits per heavy atom. The van der Waals surface area contributed by atoms with Crippen LogP contribution in [0.4, 0.5) is 17.2 Å². The van der Waals surface area contributed by atoms with Gasteiger partial charge in [-0.3, -0.25) is 4.79 Å². The van der Waals surface area contributed by atoms with Gasteiger partial charge in [0.2, 0.25) is 5.91 Å². The van der Waals surface area contributed by atoms with E-state index in [2.05, 4.69) is 36.5 Å². The first kappa shape index (κ1) is 12.5. The van der Waals surface area contributed by atoms with Crippen molar-refractivity contribution >= 4 is 39.0 Å². The highest BCUT2D eigenvalue weighted by Crippen LogP contribution is 2.23. The highest BCUT2D eigenvalue weighted by Gasteiger charge is 2.02. The van der Waals surface area contributed by atoms with Gasteiger partial charge < -0.3 is 10.6 Å². The first-order valence-corrected chi connectivity index (χ1v) is 6.04. The van der Waals surface area contributed by atoms with Crippen molar-refractivity contribution in [2.45, 2.75) is 6.92 Å². The Kier molecular flexibility index (Phi) is 3.88. The lowest BCUT2D eigenvalue weighted by Gasteiger charge is -2.08. The van der Waals surface area contributed by atoms with Gasteiger partial charge in [-0.05, 0) is 34.1 Å². The minimum absolute atomic E-state index is 0.102. The molecule has 0 spiro atoms. The number of halogens is 1. The van der Waals surface area contributed by atoms with Crippen LogP contribution in [-0.2, 0) is 4.79 Å². The van der Waals surface area contributed by atoms with E-state index in [0.29, 0.717) is 5.82 Å². The molecule has 1 heterocycles. The van der Waals surface area contributed by atoms with Gasteiger partial charge in [0.15, 0.2) is 0 Å². The predicted molar refractivity (Wildman–Crippen MR) is 73.8 cm³/mol. The Bertz CT molecular complexity index is 574. The van der Waals surface area contributed by atoms with Gasteiger partial charge in [0.1, 0.15) is 12.1 Å². The second-order valence-electron chi connectivity index (χ2n) is 3.61. The Labute approximate surface area is 113 Å². The van der Waals surface area contributed by atoms with Crippen LogP contribution in [0.3, 0.4) is 0 Å². The topological polar surface area (TPSA) is 66.9 Å². The van der Waals surface area contributed by atoms with Crippen LogP contribution in [0.2, 0.25) is 0 Å². The van der Waals surface area contributed by atoms with E-state index in [9.17, 15) is 4.79 Å². The zero-order valence-corrected chi connectivity index (χ0v) is 11.2. The fourth-order valence-electron chi connectivity index (χ4n) is 1.42. The number of carbonyl (C=O) groups excluding carboxylic acids is 1. The van der Waals surface area contributed by atoms with Gasteiger partial charge in [-0.2, -0.15) is 0 Å². The molecule has 0 radical (unpaired) electrons. The molecule has 0 saturated heterocycles. The van der Waals surface area contributed by atoms with Gasteiger partial charge in [-0.15, -0.1) is 0 Å². The summed E-state index contributed by atoms with van der Waals surface area (Å²) in [5.74, 6) is 0.570. The molecule has 2 aromatic rings. The summed E-state index contributed by atoms with van der Waals surface area (Å²) in [5.41, 5.74) is 1.57. The first-order chi connectivity index (χ1) is 8.65. The van der Waals surface area contributed by atoms with E-state index < -0.39 is 0 Å². The quantitative estimate of drug-likeness (QED) is 0.915. The zero-order valence-electron chi connectivity index (χ0n) is 9.64. The molecule has 0 bridgehead atoms. The van der Waals surface area contributed by atoms with Crippen LogP contribution < -0.4 is 10.6 Å². The molecule has 1 aromatic heterocycles. The average molecular weight is 307 g/mol. The molecule has 1 aromatic carbocycles. The normalized spacial score (nSPS) is 9.89. The van der Waals surface area contributed by atoms with Gasteiger partial charge in [0, 0.05) is 24.5 Å². The van der Waals surface area contributed by atoms with Crippen molar-refractivity contribution in [2.24, 2.45) is 0 Å². The smallest absolute Gasteiger partial charge is 0.221 e. The molecule has 0 saturated carbocycles. The van der Waals surface area contributed by atoms with Crippen LogP contribution in [0.1, 0.15) is 6.92 Å². The van der Waals surface area contributed by atoms with Gasteiger partial charge >= 0.3 is 0 Å². The van der Waals surface area contributed by atoms with Crippen LogP contribution in [0.5, 0.6) is 0 Å². The molecule has 6 heteroatoms. The van der Waals surface area contributed by atoms with E-state index in [1.54, 1.807) is 6.20 Å². The third-order valence-electron chi connectivity index (χ3n) is 2.11. The molecule has 18 heavy (non-hydrogen) atoms. The molecule has 0 aliphatic heterocycles. The number of aromatic nitrogens is 2. The maximum Gasteiger partial charge on any atom is 0.221 e. The van der Waals surface area contributed by atoms with E-state index in [1.807, 2.05) is 24.3 Å². The molecular formula is C12H11BrN4O. The lowest BCUT2D eigenvalue weighted by Crippen LogP contribution is -2.05. The number of nitrogens with one attached hydrogen (secondary N) is 2. The van der Waals surface area contributed by atoms with Crippen molar-refractivity contribution in [1.82, 2.24) is 9.97 Å². The second-order valence-corrected chi connectivity index (χ2v) is 4.46. The fraction of sp³-hybridized carbons (Fsp3) is 0.0833. The predicted octanol–water partition coefficient (Wildman–Crippen LogP) is 2.94. The number of amides is 1. The number of benzene rings is 1. The van der Waals surface area contributed by atoms with Crippen molar-refractivity contribution < 1.29 is 4.79 Å². The number of hydrogen-bond donors (Lipinski definition) is 2. The van der Waals surface area contributed by atoms with Crippen molar-refractivity contribution in [3.05, 3.63) is 41.3 Å². The summed E-state index contributed by atoms with van der Waals surface area (Å²) >= 11 is 3.36. The number of rotatable bonds is 3. The summed E-state index contributed by atoms with van der Waals surface area (Å²) in [5, 5.41) is 5.86. The van der Waals surface area contributed by atoms with Crippen LogP contribution in [-0.4, -0.2) is 15.9 Å². The highest BCUT2D eigenvalue weighted by atomic mass is 79.9. The molecule has 0 fully saturated rings. The summed E-state index contributed by atoms with van der Waals surface area (Å²) in [7, 11) is 0. The van der Waals surface area contributed by atoms with E-state index in [4.69, 9.17) is 0 Å². The summed E-state index contributed by atoms with van der Waals surface area (Å²) in [4.78, 5) is 19.0. The minimum Gasteiger partial charge on any atom is -0.339 e. The van der Waals surface area contributed by atoms with Crippen molar-refractivity contribution in [2.75, 3.05) is 10.6 Å². The maximum atomic E-state index is 11.0. The molecule has 2 rings (SSSR count). The number of carbonyl (C=O) groups is 1. The van der Waals surface area contributed by atoms with Crippen molar-refractivity contribution in [1.29, 1.82) is 0 Å². The molecule has 5 nitrogen and oxygen atoms in total. The van der Waals surface area contributed by atoms with E-state index in [0.717, 1.165) is 15.8 Å². The summed E-state index contributed by atoms with van der Waals surface area (Å²) in [6, 6.07) is 7.39. The van der Waals surface area contributed by atoms with E-state index >= 15 is 0 Å². The number of anilines is 3. The van der Waals surface area contributed by atoms with Crippen molar-refractivity contribution in [3.8, 4) is 0 Å². The zero-order chi connectivity index (χ0) is 13.0. The van der Waals surface area contributed by atoms with E-state index in [-0.39, 0.29) is 5.91 Å². The number of hydrogen-bond acceptors (Lipinski definition) is 4. The standard InChI is InChI=1S/C12H11BrN4O/c1-8(18)16-9-3-2-4-10(5-9)17-12-11(13)6-14-7-15-12/h2-7H,1H3,(H,16,18)(H,14,15,17). The molecule has 0 aliphatic rings. The molecule has 0 atom stereocenters. The summed E-state index contributed by atoms with van der Waals surface area (Å²) in [6.45, 7) is 1.47. The first-order valence-electron chi connectivity index (χ1n) is 5.25. The summed E-state index contributed by atoms with van der Waals surface area (Å²) < 4.78 is 0.773. The molecular weight excluding hydrogens is 296 g/mol. The molecule has 1 amide bonds. The third kappa shape index (κ3) is 3.27. The Morgan fingerprint density at radius 2 is 2.11 bits per heavy atom. The Hall–Kier alpha value is -1.95. The second kappa shape index (κ2) is 5.59. The average Bonchev–Trinajstić information content (AvgIpc) is 2.32. The molecule has 92 valence electrons. The largest absolute Gasteiger partial charge is 0.339 e. The SMILES string of the molecule is CC(=O)Nc1cccc(Nc2ncncc2Br)c1.